The van der Waals surface area contributed by atoms with E-state index in [0.717, 1.165) is 38.8 Å². The van der Waals surface area contributed by atoms with E-state index in [1.165, 1.54) is 0 Å². The van der Waals surface area contributed by atoms with Crippen molar-refractivity contribution in [1.82, 2.24) is 20.8 Å². The first-order chi connectivity index (χ1) is 12.2. The Balaban J connectivity index is 1.95. The third-order valence-corrected chi connectivity index (χ3v) is 4.49. The second-order valence-electron chi connectivity index (χ2n) is 6.47. The Hall–Kier alpha value is -1.55. The molecule has 2 heterocycles. The highest BCUT2D eigenvalue weighted by molar-refractivity contribution is 5.79. The zero-order valence-corrected chi connectivity index (χ0v) is 14.6. The Morgan fingerprint density at radius 1 is 1.28 bits per heavy atom. The van der Waals surface area contributed by atoms with Gasteiger partial charge in [-0.15, -0.1) is 10.2 Å². The molecule has 7 N–H and O–H groups in total. The number of rotatable bonds is 10. The van der Waals surface area contributed by atoms with Crippen molar-refractivity contribution in [2.24, 2.45) is 17.4 Å². The van der Waals surface area contributed by atoms with Gasteiger partial charge in [-0.05, 0) is 51.7 Å². The molecule has 1 aromatic rings. The molecule has 0 spiro atoms. The van der Waals surface area contributed by atoms with Gasteiger partial charge in [0, 0.05) is 12.5 Å². The van der Waals surface area contributed by atoms with Crippen LogP contribution in [0.15, 0.2) is 4.42 Å². The Morgan fingerprint density at radius 3 is 2.68 bits per heavy atom. The molecule has 2 rings (SSSR count). The number of aromatic nitrogens is 2. The predicted molar refractivity (Wildman–Crippen MR) is 92.3 cm³/mol. The van der Waals surface area contributed by atoms with Gasteiger partial charge < -0.3 is 31.6 Å². The SMILES string of the molecule is NCCCC[C@H](N)c1nnc([C@H](CCO)NC(=O)C2CCNCC2)o1. The molecule has 1 aliphatic rings. The van der Waals surface area contributed by atoms with Gasteiger partial charge in [0.25, 0.3) is 0 Å². The normalized spacial score (nSPS) is 18.0. The van der Waals surface area contributed by atoms with Gasteiger partial charge in [-0.1, -0.05) is 6.42 Å². The molecule has 1 aromatic heterocycles. The van der Waals surface area contributed by atoms with Crippen molar-refractivity contribution in [3.05, 3.63) is 11.8 Å². The number of hydrogen-bond acceptors (Lipinski definition) is 8. The minimum absolute atomic E-state index is 0.0247. The van der Waals surface area contributed by atoms with Crippen molar-refractivity contribution < 1.29 is 14.3 Å². The molecule has 2 atom stereocenters. The Kier molecular flexibility index (Phi) is 8.26. The maximum atomic E-state index is 12.4. The molecule has 25 heavy (non-hydrogen) atoms. The molecular formula is C16H30N6O3. The third kappa shape index (κ3) is 6.03. The molecule has 0 unspecified atom stereocenters. The van der Waals surface area contributed by atoms with E-state index in [4.69, 9.17) is 15.9 Å². The van der Waals surface area contributed by atoms with E-state index in [1.807, 2.05) is 0 Å². The number of amides is 1. The number of hydrogen-bond donors (Lipinski definition) is 5. The molecule has 9 heteroatoms. The van der Waals surface area contributed by atoms with Crippen LogP contribution in [0.3, 0.4) is 0 Å². The van der Waals surface area contributed by atoms with Crippen molar-refractivity contribution in [2.45, 2.75) is 50.6 Å². The lowest BCUT2D eigenvalue weighted by atomic mass is 9.97. The molecule has 0 saturated carbocycles. The van der Waals surface area contributed by atoms with E-state index in [0.29, 0.717) is 31.2 Å². The molecule has 1 aliphatic heterocycles. The first kappa shape index (κ1) is 19.8. The summed E-state index contributed by atoms with van der Waals surface area (Å²) in [4.78, 5) is 12.4. The Labute approximate surface area is 147 Å². The molecule has 9 nitrogen and oxygen atoms in total. The molecule has 1 saturated heterocycles. The van der Waals surface area contributed by atoms with Gasteiger partial charge in [0.2, 0.25) is 17.7 Å². The first-order valence-corrected chi connectivity index (χ1v) is 9.06. The van der Waals surface area contributed by atoms with E-state index in [1.54, 1.807) is 0 Å². The number of nitrogens with zero attached hydrogens (tertiary/aromatic N) is 2. The van der Waals surface area contributed by atoms with Crippen molar-refractivity contribution in [1.29, 1.82) is 0 Å². The van der Waals surface area contributed by atoms with Crippen LogP contribution in [0.4, 0.5) is 0 Å². The monoisotopic (exact) mass is 354 g/mol. The van der Waals surface area contributed by atoms with E-state index >= 15 is 0 Å². The number of aliphatic hydroxyl groups excluding tert-OH is 1. The van der Waals surface area contributed by atoms with Crippen LogP contribution < -0.4 is 22.1 Å². The van der Waals surface area contributed by atoms with Gasteiger partial charge in [0.05, 0.1) is 6.04 Å². The van der Waals surface area contributed by atoms with Gasteiger partial charge in [-0.3, -0.25) is 4.79 Å². The molecule has 0 radical (unpaired) electrons. The average molecular weight is 354 g/mol. The van der Waals surface area contributed by atoms with Crippen LogP contribution in [0.25, 0.3) is 0 Å². The van der Waals surface area contributed by atoms with Crippen LogP contribution in [-0.2, 0) is 4.79 Å². The molecule has 1 amide bonds. The number of carbonyl (C=O) groups is 1. The van der Waals surface area contributed by atoms with Crippen LogP contribution in [0.2, 0.25) is 0 Å². The standard InChI is InChI=1S/C16H30N6O3/c17-7-2-1-3-12(18)15-21-22-16(25-15)13(6-10-23)20-14(24)11-4-8-19-9-5-11/h11-13,19,23H,1-10,17-18H2,(H,20,24)/t12-,13-/m0/s1. The molecule has 142 valence electrons. The number of nitrogens with one attached hydrogen (secondary N) is 2. The fourth-order valence-electron chi connectivity index (χ4n) is 2.93. The van der Waals surface area contributed by atoms with E-state index in [9.17, 15) is 9.90 Å². The zero-order chi connectivity index (χ0) is 18.1. The van der Waals surface area contributed by atoms with E-state index in [2.05, 4.69) is 20.8 Å². The highest BCUT2D eigenvalue weighted by Gasteiger charge is 2.27. The summed E-state index contributed by atoms with van der Waals surface area (Å²) in [7, 11) is 0. The highest BCUT2D eigenvalue weighted by atomic mass is 16.4. The second-order valence-corrected chi connectivity index (χ2v) is 6.47. The van der Waals surface area contributed by atoms with Gasteiger partial charge >= 0.3 is 0 Å². The van der Waals surface area contributed by atoms with Crippen molar-refractivity contribution in [3.63, 3.8) is 0 Å². The largest absolute Gasteiger partial charge is 0.421 e. The topological polar surface area (TPSA) is 152 Å². The van der Waals surface area contributed by atoms with Crippen molar-refractivity contribution >= 4 is 5.91 Å². The fourth-order valence-corrected chi connectivity index (χ4v) is 2.93. The van der Waals surface area contributed by atoms with Crippen LogP contribution in [0, 0.1) is 5.92 Å². The fraction of sp³-hybridized carbons (Fsp3) is 0.812. The summed E-state index contributed by atoms with van der Waals surface area (Å²) in [6.45, 7) is 2.22. The third-order valence-electron chi connectivity index (χ3n) is 4.49. The summed E-state index contributed by atoms with van der Waals surface area (Å²) in [6, 6.07) is -0.840. The average Bonchev–Trinajstić information content (AvgIpc) is 3.12. The smallest absolute Gasteiger partial charge is 0.238 e. The molecule has 0 aliphatic carbocycles. The van der Waals surface area contributed by atoms with Crippen LogP contribution in [-0.4, -0.2) is 47.5 Å². The summed E-state index contributed by atoms with van der Waals surface area (Å²) in [5.41, 5.74) is 11.5. The van der Waals surface area contributed by atoms with Crippen LogP contribution in [0.5, 0.6) is 0 Å². The first-order valence-electron chi connectivity index (χ1n) is 9.06. The minimum Gasteiger partial charge on any atom is -0.421 e. The zero-order valence-electron chi connectivity index (χ0n) is 14.6. The van der Waals surface area contributed by atoms with E-state index in [-0.39, 0.29) is 24.5 Å². The van der Waals surface area contributed by atoms with Gasteiger partial charge in [0.15, 0.2) is 0 Å². The molecule has 1 fully saturated rings. The van der Waals surface area contributed by atoms with Crippen molar-refractivity contribution in [2.75, 3.05) is 26.2 Å². The lowest BCUT2D eigenvalue weighted by Crippen LogP contribution is -2.40. The number of nitrogens with two attached hydrogens (primary N) is 2. The highest BCUT2D eigenvalue weighted by Crippen LogP contribution is 2.22. The van der Waals surface area contributed by atoms with Gasteiger partial charge in [-0.2, -0.15) is 0 Å². The predicted octanol–water partition coefficient (Wildman–Crippen LogP) is -0.262. The maximum Gasteiger partial charge on any atom is 0.238 e. The van der Waals surface area contributed by atoms with Gasteiger partial charge in [-0.25, -0.2) is 0 Å². The Bertz CT molecular complexity index is 518. The lowest BCUT2D eigenvalue weighted by Gasteiger charge is -2.24. The molecule has 0 aromatic carbocycles. The number of aliphatic hydroxyl groups is 1. The second kappa shape index (κ2) is 10.4. The number of piperidine rings is 1. The summed E-state index contributed by atoms with van der Waals surface area (Å²) >= 11 is 0. The van der Waals surface area contributed by atoms with E-state index < -0.39 is 6.04 Å². The van der Waals surface area contributed by atoms with Crippen LogP contribution >= 0.6 is 0 Å². The molecule has 0 bridgehead atoms. The maximum absolute atomic E-state index is 12.4. The van der Waals surface area contributed by atoms with Crippen LogP contribution in [0.1, 0.15) is 62.4 Å². The quantitative estimate of drug-likeness (QED) is 0.360. The minimum atomic E-state index is -0.495. The summed E-state index contributed by atoms with van der Waals surface area (Å²) in [5.74, 6) is 0.585. The lowest BCUT2D eigenvalue weighted by molar-refractivity contribution is -0.126. The Morgan fingerprint density at radius 2 is 2.00 bits per heavy atom. The summed E-state index contributed by atoms with van der Waals surface area (Å²) in [6.07, 6.45) is 4.43. The summed E-state index contributed by atoms with van der Waals surface area (Å²) in [5, 5.41) is 23.5. The number of unbranched alkanes of at least 4 members (excludes halogenated alkanes) is 1. The number of carbonyl (C=O) groups excluding carboxylic acids is 1. The molecular weight excluding hydrogens is 324 g/mol. The van der Waals surface area contributed by atoms with Gasteiger partial charge in [0.1, 0.15) is 6.04 Å². The summed E-state index contributed by atoms with van der Waals surface area (Å²) < 4.78 is 5.66. The van der Waals surface area contributed by atoms with Crippen molar-refractivity contribution in [3.8, 4) is 0 Å².